The average molecular weight is 1140 g/mol. The number of nitrogens with one attached hydrogen (secondary N) is 1. The van der Waals surface area contributed by atoms with Gasteiger partial charge in [-0.25, -0.2) is 19.9 Å². The van der Waals surface area contributed by atoms with E-state index < -0.39 is 7.12 Å². The van der Waals surface area contributed by atoms with Crippen LogP contribution in [0.3, 0.4) is 0 Å². The molecule has 7 aromatic heterocycles. The Morgan fingerprint density at radius 2 is 0.837 bits per heavy atom. The van der Waals surface area contributed by atoms with Gasteiger partial charge in [0.1, 0.15) is 17.8 Å². The zero-order valence-corrected chi connectivity index (χ0v) is 46.3. The Hall–Kier alpha value is -10.8. The summed E-state index contributed by atoms with van der Waals surface area (Å²) in [4.78, 5) is 39.9. The van der Waals surface area contributed by atoms with Crippen molar-refractivity contribution in [3.63, 3.8) is 0 Å². The SMILES string of the molecule is C.Clc1ncnc2ccncc12.O=C1NCCc2ccncc21.OB(O)c1ccc(-c2ccc(-n3c4ccccc4c4ccccc43)cc2)cc1.c1ccc2c(c1)c1ccccc1n2-c1ccc(-c2ccc(-c3ncnc4ccncc34)cc2)cc1. The lowest BCUT2D eigenvalue weighted by Crippen LogP contribution is -2.31. The minimum atomic E-state index is -1.44. The molecule has 15 heteroatoms. The highest BCUT2D eigenvalue weighted by atomic mass is 35.5. The second kappa shape index (κ2) is 25.0. The van der Waals surface area contributed by atoms with Gasteiger partial charge in [-0.15, -0.1) is 0 Å². The van der Waals surface area contributed by atoms with Crippen molar-refractivity contribution < 1.29 is 14.8 Å². The molecule has 0 atom stereocenters. The van der Waals surface area contributed by atoms with E-state index in [1.807, 2.05) is 30.5 Å². The highest BCUT2D eigenvalue weighted by molar-refractivity contribution is 6.58. The van der Waals surface area contributed by atoms with Gasteiger partial charge in [0.2, 0.25) is 0 Å². The second-order valence-electron chi connectivity index (χ2n) is 20.1. The average Bonchev–Trinajstić information content (AvgIpc) is 2.80. The standard InChI is InChI=1S/C31H20N4.C24H18BNO2.C8H8N2O.C7H4ClN3.CH4/c1-3-7-29-25(5-1)26-6-2-4-8-30(26)35(29)24-15-13-22(14-16-24)21-9-11-23(12-10-21)31-27-19-32-18-17-28(27)33-20-34-31;27-25(28)19-13-9-17(10-14-19)18-11-15-20(16-12-18)26-23-7-3-1-5-21(23)22-6-2-4-8-24(22)26;11-8-7-5-9-3-1-6(7)2-4-10-8;8-7-5-3-9-2-1-6(5)10-4-11-7;/h1-20H;1-16,27-28H;1,3,5H,2,4H2,(H,10,11);1-4H;1H4. The molecule has 13 nitrogen and oxygen atoms in total. The van der Waals surface area contributed by atoms with Crippen molar-refractivity contribution in [3.05, 3.63) is 278 Å². The number of aromatic nitrogens is 9. The number of halogens is 1. The number of fused-ring (bicyclic) bond motifs is 9. The van der Waals surface area contributed by atoms with Crippen LogP contribution in [0.2, 0.25) is 5.15 Å². The highest BCUT2D eigenvalue weighted by Gasteiger charge is 2.17. The molecule has 0 saturated carbocycles. The van der Waals surface area contributed by atoms with Gasteiger partial charge in [0, 0.05) is 87.6 Å². The second-order valence-corrected chi connectivity index (χ2v) is 20.5. The number of nitrogens with zero attached hydrogens (tertiary/aromatic N) is 9. The van der Waals surface area contributed by atoms with E-state index in [-0.39, 0.29) is 13.3 Å². The molecule has 416 valence electrons. The molecule has 0 spiro atoms. The van der Waals surface area contributed by atoms with Crippen LogP contribution < -0.4 is 10.8 Å². The Morgan fingerprint density at radius 3 is 1.31 bits per heavy atom. The first-order chi connectivity index (χ1) is 41.8. The van der Waals surface area contributed by atoms with Crippen LogP contribution in [0.4, 0.5) is 0 Å². The van der Waals surface area contributed by atoms with Gasteiger partial charge in [0.05, 0.1) is 49.7 Å². The van der Waals surface area contributed by atoms with Gasteiger partial charge in [-0.2, -0.15) is 0 Å². The zero-order chi connectivity index (χ0) is 57.6. The molecule has 1 aliphatic rings. The van der Waals surface area contributed by atoms with Gasteiger partial charge < -0.3 is 24.5 Å². The molecule has 86 heavy (non-hydrogen) atoms. The van der Waals surface area contributed by atoms with Crippen molar-refractivity contribution in [2.24, 2.45) is 0 Å². The molecule has 1 amide bonds. The highest BCUT2D eigenvalue weighted by Crippen LogP contribution is 2.35. The Bertz CT molecular complexity index is 4770. The Morgan fingerprint density at radius 1 is 0.430 bits per heavy atom. The molecule has 0 bridgehead atoms. The Kier molecular flexibility index (Phi) is 16.2. The van der Waals surface area contributed by atoms with Crippen LogP contribution in [-0.2, 0) is 6.42 Å². The number of hydrogen-bond donors (Lipinski definition) is 3. The van der Waals surface area contributed by atoms with Crippen LogP contribution in [0.5, 0.6) is 0 Å². The van der Waals surface area contributed by atoms with E-state index in [0.29, 0.717) is 10.6 Å². The fraction of sp³-hybridized carbons (Fsp3) is 0.0423. The Balaban J connectivity index is 0.000000125. The molecule has 0 aliphatic carbocycles. The topological polar surface area (TPSA) is 170 Å². The van der Waals surface area contributed by atoms with Crippen LogP contribution in [-0.4, -0.2) is 73.6 Å². The summed E-state index contributed by atoms with van der Waals surface area (Å²) < 4.78 is 4.63. The summed E-state index contributed by atoms with van der Waals surface area (Å²) >= 11 is 5.77. The lowest BCUT2D eigenvalue weighted by molar-refractivity contribution is 0.0945. The maximum absolute atomic E-state index is 11.1. The number of benzene rings is 8. The van der Waals surface area contributed by atoms with E-state index in [9.17, 15) is 14.8 Å². The Labute approximate surface area is 500 Å². The van der Waals surface area contributed by atoms with Gasteiger partial charge in [0.15, 0.2) is 0 Å². The quantitative estimate of drug-likeness (QED) is 0.108. The number of carbonyl (C=O) groups is 1. The predicted octanol–water partition coefficient (Wildman–Crippen LogP) is 14.3. The van der Waals surface area contributed by atoms with Gasteiger partial charge in [-0.05, 0) is 106 Å². The van der Waals surface area contributed by atoms with Crippen molar-refractivity contribution in [1.29, 1.82) is 0 Å². The fourth-order valence-electron chi connectivity index (χ4n) is 10.9. The molecular weight excluding hydrogens is 1090 g/mol. The number of pyridine rings is 3. The normalized spacial score (nSPS) is 11.6. The molecule has 8 heterocycles. The number of rotatable bonds is 6. The number of amides is 1. The van der Waals surface area contributed by atoms with Gasteiger partial charge in [0.25, 0.3) is 5.91 Å². The third-order valence-electron chi connectivity index (χ3n) is 15.1. The minimum Gasteiger partial charge on any atom is -0.423 e. The van der Waals surface area contributed by atoms with E-state index in [4.69, 9.17) is 11.6 Å². The van der Waals surface area contributed by atoms with E-state index in [0.717, 1.165) is 79.7 Å². The first-order valence-electron chi connectivity index (χ1n) is 27.6. The van der Waals surface area contributed by atoms with Crippen LogP contribution >= 0.6 is 11.6 Å². The van der Waals surface area contributed by atoms with Gasteiger partial charge in [-0.1, -0.05) is 165 Å². The number of para-hydroxylation sites is 4. The molecule has 0 saturated heterocycles. The van der Waals surface area contributed by atoms with E-state index >= 15 is 0 Å². The number of hydrogen-bond acceptors (Lipinski definition) is 10. The molecule has 3 N–H and O–H groups in total. The van der Waals surface area contributed by atoms with Crippen LogP contribution in [0.15, 0.2) is 262 Å². The summed E-state index contributed by atoms with van der Waals surface area (Å²) in [5.41, 5.74) is 17.5. The van der Waals surface area contributed by atoms with Crippen LogP contribution in [0.25, 0.3) is 110 Å². The summed E-state index contributed by atoms with van der Waals surface area (Å²) in [6, 6.07) is 72.8. The lowest BCUT2D eigenvalue weighted by atomic mass is 9.80. The number of carbonyl (C=O) groups excluding carboxylic acids is 1. The van der Waals surface area contributed by atoms with Crippen molar-refractivity contribution >= 4 is 95.5 Å². The van der Waals surface area contributed by atoms with Gasteiger partial charge >= 0.3 is 7.12 Å². The maximum atomic E-state index is 11.1. The summed E-state index contributed by atoms with van der Waals surface area (Å²) in [5.74, 6) is -0.000602. The van der Waals surface area contributed by atoms with Gasteiger partial charge in [-0.3, -0.25) is 19.7 Å². The minimum absolute atomic E-state index is 0. The first kappa shape index (κ1) is 55.8. The van der Waals surface area contributed by atoms with E-state index in [1.54, 1.807) is 55.5 Å². The lowest BCUT2D eigenvalue weighted by Gasteiger charge is -2.14. The molecule has 8 aromatic carbocycles. The molecular formula is C71H54BClN10O3. The monoisotopic (exact) mass is 1140 g/mol. The summed E-state index contributed by atoms with van der Waals surface area (Å²) in [7, 11) is -1.44. The van der Waals surface area contributed by atoms with Crippen molar-refractivity contribution in [3.8, 4) is 44.9 Å². The molecule has 0 unspecified atom stereocenters. The third kappa shape index (κ3) is 11.3. The summed E-state index contributed by atoms with van der Waals surface area (Å²) in [5, 5.41) is 28.5. The first-order valence-corrected chi connectivity index (χ1v) is 27.9. The van der Waals surface area contributed by atoms with E-state index in [2.05, 4.69) is 219 Å². The largest absolute Gasteiger partial charge is 0.488 e. The third-order valence-corrected chi connectivity index (χ3v) is 15.4. The van der Waals surface area contributed by atoms with Crippen LogP contribution in [0.1, 0.15) is 23.3 Å². The molecule has 0 fully saturated rings. The van der Waals surface area contributed by atoms with Crippen molar-refractivity contribution in [2.45, 2.75) is 13.8 Å². The maximum Gasteiger partial charge on any atom is 0.488 e. The summed E-state index contributed by atoms with van der Waals surface area (Å²) in [6.07, 6.45) is 14.2. The predicted molar refractivity (Wildman–Crippen MR) is 348 cm³/mol. The molecule has 0 radical (unpaired) electrons. The van der Waals surface area contributed by atoms with E-state index in [1.165, 1.54) is 61.1 Å². The summed E-state index contributed by atoms with van der Waals surface area (Å²) in [6.45, 7) is 0.746. The van der Waals surface area contributed by atoms with Crippen LogP contribution in [0, 0.1) is 0 Å². The fourth-order valence-corrected chi connectivity index (χ4v) is 11.1. The van der Waals surface area contributed by atoms with Crippen molar-refractivity contribution in [2.75, 3.05) is 6.54 Å². The molecule has 1 aliphatic heterocycles. The zero-order valence-electron chi connectivity index (χ0n) is 45.5. The molecule has 16 rings (SSSR count). The molecule has 15 aromatic rings. The van der Waals surface area contributed by atoms with Crippen molar-refractivity contribution in [1.82, 2.24) is 49.3 Å². The smallest absolute Gasteiger partial charge is 0.423 e.